The fourth-order valence-electron chi connectivity index (χ4n) is 3.63. The molecule has 2 N–H and O–H groups in total. The fourth-order valence-corrected chi connectivity index (χ4v) is 3.63. The van der Waals surface area contributed by atoms with Crippen LogP contribution in [0.4, 0.5) is 11.4 Å². The maximum absolute atomic E-state index is 13.0. The lowest BCUT2D eigenvalue weighted by molar-refractivity contribution is -0.385. The van der Waals surface area contributed by atoms with E-state index in [-0.39, 0.29) is 17.1 Å². The molecule has 2 amide bonds. The number of ether oxygens (including phenoxy) is 1. The predicted molar refractivity (Wildman–Crippen MR) is 147 cm³/mol. The molecule has 0 radical (unpaired) electrons. The van der Waals surface area contributed by atoms with Gasteiger partial charge in [0.05, 0.1) is 18.2 Å². The summed E-state index contributed by atoms with van der Waals surface area (Å²) in [5, 5.41) is 17.8. The van der Waals surface area contributed by atoms with Crippen molar-refractivity contribution in [3.05, 3.63) is 105 Å². The van der Waals surface area contributed by atoms with E-state index in [0.717, 1.165) is 18.8 Å². The number of carbonyl (C=O) groups is 2. The van der Waals surface area contributed by atoms with Crippen LogP contribution >= 0.6 is 0 Å². The van der Waals surface area contributed by atoms with Crippen molar-refractivity contribution in [2.24, 2.45) is 5.10 Å². The van der Waals surface area contributed by atoms with Crippen molar-refractivity contribution >= 4 is 35.5 Å². The Labute approximate surface area is 220 Å². The van der Waals surface area contributed by atoms with E-state index < -0.39 is 16.7 Å². The summed E-state index contributed by atoms with van der Waals surface area (Å²) < 4.78 is 4.99. The normalized spacial score (nSPS) is 11.2. The number of anilines is 1. The van der Waals surface area contributed by atoms with Crippen molar-refractivity contribution < 1.29 is 19.2 Å². The highest BCUT2D eigenvalue weighted by Gasteiger charge is 2.16. The molecule has 3 aromatic carbocycles. The lowest BCUT2D eigenvalue weighted by atomic mass is 10.1. The monoisotopic (exact) mass is 515 g/mol. The van der Waals surface area contributed by atoms with E-state index in [1.165, 1.54) is 25.5 Å². The maximum atomic E-state index is 13.0. The number of nitro groups is 1. The van der Waals surface area contributed by atoms with Crippen LogP contribution in [0, 0.1) is 10.1 Å². The van der Waals surface area contributed by atoms with E-state index in [1.54, 1.807) is 42.5 Å². The van der Waals surface area contributed by atoms with Crippen molar-refractivity contribution in [2.45, 2.75) is 13.8 Å². The van der Waals surface area contributed by atoms with Crippen molar-refractivity contribution in [3.8, 4) is 5.75 Å². The first-order valence-corrected chi connectivity index (χ1v) is 11.9. The number of carbonyl (C=O) groups excluding carboxylic acids is 2. The summed E-state index contributed by atoms with van der Waals surface area (Å²) in [4.78, 5) is 38.7. The van der Waals surface area contributed by atoms with Crippen molar-refractivity contribution in [1.29, 1.82) is 0 Å². The molecule has 0 unspecified atom stereocenters. The summed E-state index contributed by atoms with van der Waals surface area (Å²) in [6, 6.07) is 20.4. The molecule has 0 aromatic heterocycles. The summed E-state index contributed by atoms with van der Waals surface area (Å²) in [5.41, 5.74) is 4.63. The average Bonchev–Trinajstić information content (AvgIpc) is 2.94. The van der Waals surface area contributed by atoms with Gasteiger partial charge in [-0.25, -0.2) is 5.43 Å². The van der Waals surface area contributed by atoms with E-state index in [0.29, 0.717) is 16.7 Å². The molecule has 0 aliphatic heterocycles. The van der Waals surface area contributed by atoms with Crippen LogP contribution in [0.25, 0.3) is 6.08 Å². The molecular weight excluding hydrogens is 486 g/mol. The molecule has 0 saturated carbocycles. The standard InChI is InChI=1S/C28H29N5O5/c1-4-32(5-2)23-14-11-20(12-15-23)17-24(30-27(34)22-9-7-6-8-10-22)28(35)31-29-19-21-13-16-26(38-3)25(18-21)33(36)37/h6-19H,4-5H2,1-3H3,(H,30,34)(H,31,35)/b24-17+,29-19-. The minimum absolute atomic E-state index is 0.0210. The quantitative estimate of drug-likeness (QED) is 0.169. The molecule has 38 heavy (non-hydrogen) atoms. The maximum Gasteiger partial charge on any atom is 0.311 e. The minimum atomic E-state index is -0.665. The fraction of sp³-hybridized carbons (Fsp3) is 0.179. The molecule has 10 heteroatoms. The lowest BCUT2D eigenvalue weighted by Crippen LogP contribution is -2.32. The number of hydrazone groups is 1. The Kier molecular flexibility index (Phi) is 9.70. The molecule has 196 valence electrons. The van der Waals surface area contributed by atoms with E-state index >= 15 is 0 Å². The third kappa shape index (κ3) is 7.26. The molecule has 0 bridgehead atoms. The number of rotatable bonds is 11. The number of nitrogens with zero attached hydrogens (tertiary/aromatic N) is 3. The molecule has 10 nitrogen and oxygen atoms in total. The first kappa shape index (κ1) is 27.6. The highest BCUT2D eigenvalue weighted by Crippen LogP contribution is 2.26. The zero-order chi connectivity index (χ0) is 27.5. The second-order valence-electron chi connectivity index (χ2n) is 8.03. The largest absolute Gasteiger partial charge is 0.490 e. The average molecular weight is 516 g/mol. The van der Waals surface area contributed by atoms with Gasteiger partial charge in [0.2, 0.25) is 0 Å². The number of nitrogens with one attached hydrogen (secondary N) is 2. The van der Waals surface area contributed by atoms with Crippen LogP contribution in [0.5, 0.6) is 5.75 Å². The molecule has 0 aliphatic rings. The number of nitro benzene ring substituents is 1. The first-order chi connectivity index (χ1) is 18.4. The van der Waals surface area contributed by atoms with E-state index in [2.05, 4.69) is 34.6 Å². The molecular formula is C28H29N5O5. The lowest BCUT2D eigenvalue weighted by Gasteiger charge is -2.20. The molecule has 0 saturated heterocycles. The van der Waals surface area contributed by atoms with Gasteiger partial charge in [0.15, 0.2) is 5.75 Å². The third-order valence-electron chi connectivity index (χ3n) is 5.64. The van der Waals surface area contributed by atoms with Crippen LogP contribution in [0.3, 0.4) is 0 Å². The summed E-state index contributed by atoms with van der Waals surface area (Å²) in [6.45, 7) is 5.87. The van der Waals surface area contributed by atoms with Gasteiger partial charge in [-0.1, -0.05) is 30.3 Å². The van der Waals surface area contributed by atoms with Crippen LogP contribution in [0.1, 0.15) is 35.3 Å². The second-order valence-corrected chi connectivity index (χ2v) is 8.03. The van der Waals surface area contributed by atoms with Crippen LogP contribution in [-0.2, 0) is 4.79 Å². The summed E-state index contributed by atoms with van der Waals surface area (Å²) in [5.74, 6) is -1.01. The van der Waals surface area contributed by atoms with Crippen molar-refractivity contribution in [1.82, 2.24) is 10.7 Å². The Bertz CT molecular complexity index is 1330. The van der Waals surface area contributed by atoms with Crippen molar-refractivity contribution in [2.75, 3.05) is 25.1 Å². The topological polar surface area (TPSA) is 126 Å². The Morgan fingerprint density at radius 2 is 1.66 bits per heavy atom. The Morgan fingerprint density at radius 3 is 2.26 bits per heavy atom. The SMILES string of the molecule is CCN(CC)c1ccc(/C=C(/NC(=O)c2ccccc2)C(=O)N/N=C\c2ccc(OC)c([N+](=O)[O-])c2)cc1. The van der Waals surface area contributed by atoms with Crippen LogP contribution in [-0.4, -0.2) is 43.2 Å². The van der Waals surface area contributed by atoms with Gasteiger partial charge in [0, 0.05) is 36.0 Å². The molecule has 3 aromatic rings. The Morgan fingerprint density at radius 1 is 1.00 bits per heavy atom. The van der Waals surface area contributed by atoms with E-state index in [4.69, 9.17) is 4.74 Å². The van der Waals surface area contributed by atoms with Gasteiger partial charge in [-0.3, -0.25) is 19.7 Å². The van der Waals surface area contributed by atoms with Gasteiger partial charge in [-0.2, -0.15) is 5.10 Å². The highest BCUT2D eigenvalue weighted by atomic mass is 16.6. The van der Waals surface area contributed by atoms with Gasteiger partial charge < -0.3 is 15.0 Å². The van der Waals surface area contributed by atoms with Gasteiger partial charge in [0.25, 0.3) is 11.8 Å². The summed E-state index contributed by atoms with van der Waals surface area (Å²) in [7, 11) is 1.34. The van der Waals surface area contributed by atoms with Crippen molar-refractivity contribution in [3.63, 3.8) is 0 Å². The Hall–Kier alpha value is -4.99. The van der Waals surface area contributed by atoms with Gasteiger partial charge in [0.1, 0.15) is 5.70 Å². The minimum Gasteiger partial charge on any atom is -0.490 e. The zero-order valence-electron chi connectivity index (χ0n) is 21.4. The second kappa shape index (κ2) is 13.4. The molecule has 0 heterocycles. The number of hydrogen-bond acceptors (Lipinski definition) is 7. The van der Waals surface area contributed by atoms with E-state index in [9.17, 15) is 19.7 Å². The van der Waals surface area contributed by atoms with Crippen LogP contribution < -0.4 is 20.4 Å². The molecule has 0 aliphatic carbocycles. The summed E-state index contributed by atoms with van der Waals surface area (Å²) in [6.07, 6.45) is 2.82. The van der Waals surface area contributed by atoms with Gasteiger partial charge in [-0.05, 0) is 61.9 Å². The van der Waals surface area contributed by atoms with Gasteiger partial charge in [-0.15, -0.1) is 0 Å². The number of methoxy groups -OCH3 is 1. The summed E-state index contributed by atoms with van der Waals surface area (Å²) >= 11 is 0. The molecule has 3 rings (SSSR count). The Balaban J connectivity index is 1.84. The molecule has 0 atom stereocenters. The number of amides is 2. The number of benzene rings is 3. The smallest absolute Gasteiger partial charge is 0.311 e. The van der Waals surface area contributed by atoms with Crippen LogP contribution in [0.2, 0.25) is 0 Å². The third-order valence-corrected chi connectivity index (χ3v) is 5.64. The molecule has 0 spiro atoms. The number of hydrogen-bond donors (Lipinski definition) is 2. The highest BCUT2D eigenvalue weighted by molar-refractivity contribution is 6.05. The van der Waals surface area contributed by atoms with E-state index in [1.807, 2.05) is 24.3 Å². The van der Waals surface area contributed by atoms with Gasteiger partial charge >= 0.3 is 5.69 Å². The predicted octanol–water partition coefficient (Wildman–Crippen LogP) is 4.37. The zero-order valence-corrected chi connectivity index (χ0v) is 21.4. The first-order valence-electron chi connectivity index (χ1n) is 11.9. The van der Waals surface area contributed by atoms with Crippen LogP contribution in [0.15, 0.2) is 83.6 Å². The molecule has 0 fully saturated rings.